The van der Waals surface area contributed by atoms with Crippen LogP contribution < -0.4 is 5.32 Å². The number of carbonyl (C=O) groups is 3. The fourth-order valence-electron chi connectivity index (χ4n) is 2.98. The van der Waals surface area contributed by atoms with Crippen molar-refractivity contribution in [3.63, 3.8) is 0 Å². The van der Waals surface area contributed by atoms with Gasteiger partial charge in [-0.15, -0.1) is 0 Å². The third kappa shape index (κ3) is 4.32. The standard InChI is InChI=1S/C17H22N2O5/c1-11(15(20)19-9-5-8-14(19)17(23)24)18-13(16(21)22)10-12-6-3-2-4-7-12/h2-4,6-7,11,13-14,18H,5,8-10H2,1H3,(H,21,22)(H,23,24)/t11-,13-,14-/m0/s1. The summed E-state index contributed by atoms with van der Waals surface area (Å²) in [5, 5.41) is 21.4. The van der Waals surface area contributed by atoms with Gasteiger partial charge in [0.05, 0.1) is 6.04 Å². The van der Waals surface area contributed by atoms with Crippen molar-refractivity contribution in [2.24, 2.45) is 0 Å². The van der Waals surface area contributed by atoms with Gasteiger partial charge in [-0.1, -0.05) is 30.3 Å². The number of hydrogen-bond donors (Lipinski definition) is 3. The Bertz CT molecular complexity index is 604. The minimum Gasteiger partial charge on any atom is -0.480 e. The number of hydrogen-bond acceptors (Lipinski definition) is 4. The normalized spacial score (nSPS) is 19.7. The Hall–Kier alpha value is -2.41. The first-order valence-corrected chi connectivity index (χ1v) is 7.96. The Morgan fingerprint density at radius 3 is 2.50 bits per heavy atom. The van der Waals surface area contributed by atoms with Gasteiger partial charge >= 0.3 is 11.9 Å². The summed E-state index contributed by atoms with van der Waals surface area (Å²) in [6, 6.07) is 6.63. The molecule has 0 saturated carbocycles. The second-order valence-corrected chi connectivity index (χ2v) is 6.00. The second-order valence-electron chi connectivity index (χ2n) is 6.00. The minimum absolute atomic E-state index is 0.246. The van der Waals surface area contributed by atoms with Gasteiger partial charge in [-0.25, -0.2) is 4.79 Å². The maximum Gasteiger partial charge on any atom is 0.326 e. The van der Waals surface area contributed by atoms with Crippen LogP contribution in [0.25, 0.3) is 0 Å². The molecule has 24 heavy (non-hydrogen) atoms. The summed E-state index contributed by atoms with van der Waals surface area (Å²) < 4.78 is 0. The summed E-state index contributed by atoms with van der Waals surface area (Å²) in [4.78, 5) is 36.5. The molecule has 0 aromatic heterocycles. The zero-order chi connectivity index (χ0) is 17.7. The third-order valence-corrected chi connectivity index (χ3v) is 4.22. The average Bonchev–Trinajstić information content (AvgIpc) is 3.04. The molecule has 2 rings (SSSR count). The zero-order valence-electron chi connectivity index (χ0n) is 13.5. The molecular formula is C17H22N2O5. The van der Waals surface area contributed by atoms with Crippen LogP contribution in [0.4, 0.5) is 0 Å². The molecule has 0 bridgehead atoms. The topological polar surface area (TPSA) is 107 Å². The predicted octanol–water partition coefficient (Wildman–Crippen LogP) is 0.736. The Morgan fingerprint density at radius 2 is 1.92 bits per heavy atom. The van der Waals surface area contributed by atoms with E-state index in [1.54, 1.807) is 6.92 Å². The van der Waals surface area contributed by atoms with Crippen molar-refractivity contribution in [1.82, 2.24) is 10.2 Å². The molecule has 3 N–H and O–H groups in total. The lowest BCUT2D eigenvalue weighted by Crippen LogP contribution is -2.53. The van der Waals surface area contributed by atoms with E-state index in [1.807, 2.05) is 30.3 Å². The first-order valence-electron chi connectivity index (χ1n) is 7.96. The summed E-state index contributed by atoms with van der Waals surface area (Å²) in [5.41, 5.74) is 0.849. The van der Waals surface area contributed by atoms with Gasteiger partial charge in [0.1, 0.15) is 12.1 Å². The van der Waals surface area contributed by atoms with Crippen LogP contribution in [0.2, 0.25) is 0 Å². The summed E-state index contributed by atoms with van der Waals surface area (Å²) in [6.07, 6.45) is 1.32. The van der Waals surface area contributed by atoms with E-state index in [1.165, 1.54) is 4.90 Å². The SMILES string of the molecule is C[C@H](N[C@@H](Cc1ccccc1)C(=O)O)C(=O)N1CCC[C@H]1C(=O)O. The Morgan fingerprint density at radius 1 is 1.25 bits per heavy atom. The number of rotatable bonds is 7. The maximum absolute atomic E-state index is 12.5. The van der Waals surface area contributed by atoms with E-state index in [-0.39, 0.29) is 12.3 Å². The van der Waals surface area contributed by atoms with E-state index >= 15 is 0 Å². The Kier molecular flexibility index (Phi) is 5.92. The first-order chi connectivity index (χ1) is 11.4. The van der Waals surface area contributed by atoms with Gasteiger partial charge in [0, 0.05) is 6.54 Å². The molecule has 0 aliphatic carbocycles. The number of carboxylic acid groups (broad SMARTS) is 2. The molecular weight excluding hydrogens is 312 g/mol. The van der Waals surface area contributed by atoms with Crippen LogP contribution in [0.3, 0.4) is 0 Å². The van der Waals surface area contributed by atoms with Gasteiger partial charge < -0.3 is 15.1 Å². The maximum atomic E-state index is 12.5. The van der Waals surface area contributed by atoms with Gasteiger partial charge in [-0.3, -0.25) is 14.9 Å². The molecule has 3 atom stereocenters. The zero-order valence-corrected chi connectivity index (χ0v) is 13.5. The van der Waals surface area contributed by atoms with Gasteiger partial charge in [-0.05, 0) is 31.7 Å². The lowest BCUT2D eigenvalue weighted by Gasteiger charge is -2.27. The summed E-state index contributed by atoms with van der Waals surface area (Å²) in [6.45, 7) is 1.96. The largest absolute Gasteiger partial charge is 0.480 e. The van der Waals surface area contributed by atoms with E-state index < -0.39 is 30.1 Å². The number of nitrogens with zero attached hydrogens (tertiary/aromatic N) is 1. The highest BCUT2D eigenvalue weighted by Gasteiger charge is 2.36. The monoisotopic (exact) mass is 334 g/mol. The van der Waals surface area contributed by atoms with Crippen LogP contribution in [0, 0.1) is 0 Å². The number of benzene rings is 1. The fraction of sp³-hybridized carbons (Fsp3) is 0.471. The molecule has 1 aromatic rings. The number of amides is 1. The third-order valence-electron chi connectivity index (χ3n) is 4.22. The predicted molar refractivity (Wildman–Crippen MR) is 86.5 cm³/mol. The Balaban J connectivity index is 2.02. The van der Waals surface area contributed by atoms with Crippen molar-refractivity contribution < 1.29 is 24.6 Å². The van der Waals surface area contributed by atoms with Crippen LogP contribution in [0.5, 0.6) is 0 Å². The van der Waals surface area contributed by atoms with E-state index in [0.717, 1.165) is 5.56 Å². The highest BCUT2D eigenvalue weighted by molar-refractivity contribution is 5.88. The molecule has 1 aromatic carbocycles. The molecule has 0 spiro atoms. The van der Waals surface area contributed by atoms with E-state index in [9.17, 15) is 24.6 Å². The molecule has 0 radical (unpaired) electrons. The molecule has 0 unspecified atom stereocenters. The highest BCUT2D eigenvalue weighted by atomic mass is 16.4. The van der Waals surface area contributed by atoms with Crippen molar-refractivity contribution in [2.45, 2.75) is 44.3 Å². The molecule has 1 aliphatic rings. The average molecular weight is 334 g/mol. The Labute approximate surface area is 140 Å². The van der Waals surface area contributed by atoms with Crippen molar-refractivity contribution in [2.75, 3.05) is 6.54 Å². The lowest BCUT2D eigenvalue weighted by atomic mass is 10.0. The molecule has 1 saturated heterocycles. The molecule has 1 amide bonds. The molecule has 130 valence electrons. The van der Waals surface area contributed by atoms with Crippen LogP contribution in [-0.4, -0.2) is 57.6 Å². The van der Waals surface area contributed by atoms with Gasteiger partial charge in [-0.2, -0.15) is 0 Å². The van der Waals surface area contributed by atoms with Crippen LogP contribution in [0.1, 0.15) is 25.3 Å². The molecule has 1 heterocycles. The van der Waals surface area contributed by atoms with E-state index in [4.69, 9.17) is 0 Å². The van der Waals surface area contributed by atoms with Crippen molar-refractivity contribution in [1.29, 1.82) is 0 Å². The van der Waals surface area contributed by atoms with Crippen molar-refractivity contribution >= 4 is 17.8 Å². The van der Waals surface area contributed by atoms with Crippen molar-refractivity contribution in [3.8, 4) is 0 Å². The summed E-state index contributed by atoms with van der Waals surface area (Å²) in [7, 11) is 0. The van der Waals surface area contributed by atoms with Crippen LogP contribution in [0.15, 0.2) is 30.3 Å². The smallest absolute Gasteiger partial charge is 0.326 e. The van der Waals surface area contributed by atoms with Crippen LogP contribution >= 0.6 is 0 Å². The summed E-state index contributed by atoms with van der Waals surface area (Å²) in [5.74, 6) is -2.44. The number of carbonyl (C=O) groups excluding carboxylic acids is 1. The summed E-state index contributed by atoms with van der Waals surface area (Å²) >= 11 is 0. The number of likely N-dealkylation sites (tertiary alicyclic amines) is 1. The fourth-order valence-corrected chi connectivity index (χ4v) is 2.98. The lowest BCUT2D eigenvalue weighted by molar-refractivity contribution is -0.149. The molecule has 1 fully saturated rings. The van der Waals surface area contributed by atoms with E-state index in [0.29, 0.717) is 19.4 Å². The van der Waals surface area contributed by atoms with Crippen LogP contribution in [-0.2, 0) is 20.8 Å². The van der Waals surface area contributed by atoms with Gasteiger partial charge in [0.15, 0.2) is 0 Å². The number of carboxylic acids is 2. The van der Waals surface area contributed by atoms with E-state index in [2.05, 4.69) is 5.32 Å². The molecule has 1 aliphatic heterocycles. The second kappa shape index (κ2) is 7.92. The van der Waals surface area contributed by atoms with Crippen molar-refractivity contribution in [3.05, 3.63) is 35.9 Å². The highest BCUT2D eigenvalue weighted by Crippen LogP contribution is 2.18. The number of aliphatic carboxylic acids is 2. The minimum atomic E-state index is -1.05. The molecule has 7 nitrogen and oxygen atoms in total. The molecule has 7 heteroatoms. The van der Waals surface area contributed by atoms with Gasteiger partial charge in [0.2, 0.25) is 5.91 Å². The number of nitrogens with one attached hydrogen (secondary N) is 1. The first kappa shape index (κ1) is 17.9. The van der Waals surface area contributed by atoms with Gasteiger partial charge in [0.25, 0.3) is 0 Å². The quantitative estimate of drug-likeness (QED) is 0.679.